The first kappa shape index (κ1) is 21.1. The van der Waals surface area contributed by atoms with E-state index in [1.54, 1.807) is 12.1 Å². The molecule has 3 rings (SSSR count). The van der Waals surface area contributed by atoms with Gasteiger partial charge in [0.15, 0.2) is 0 Å². The Hall–Kier alpha value is -2.64. The topological polar surface area (TPSA) is 79.1 Å². The number of non-ortho nitro benzene ring substituents is 1. The van der Waals surface area contributed by atoms with Gasteiger partial charge in [-0.1, -0.05) is 24.3 Å². The second kappa shape index (κ2) is 10.2. The highest BCUT2D eigenvalue weighted by atomic mass is 16.6. The zero-order chi connectivity index (χ0) is 20.6. The third kappa shape index (κ3) is 6.17. The number of para-hydroxylation sites is 1. The van der Waals surface area contributed by atoms with Crippen LogP contribution in [0.5, 0.6) is 5.75 Å². The van der Waals surface area contributed by atoms with Crippen molar-refractivity contribution in [3.8, 4) is 5.75 Å². The first-order valence-corrected chi connectivity index (χ1v) is 10.1. The lowest BCUT2D eigenvalue weighted by Gasteiger charge is -2.31. The number of rotatable bonds is 9. The van der Waals surface area contributed by atoms with Crippen LogP contribution in [0.1, 0.15) is 24.8 Å². The van der Waals surface area contributed by atoms with Crippen molar-refractivity contribution in [3.05, 3.63) is 64.2 Å². The van der Waals surface area contributed by atoms with Crippen molar-refractivity contribution in [2.45, 2.75) is 31.9 Å². The maximum atomic E-state index is 10.8. The van der Waals surface area contributed by atoms with Crippen molar-refractivity contribution in [1.82, 2.24) is 4.90 Å². The molecule has 1 saturated heterocycles. The van der Waals surface area contributed by atoms with Crippen molar-refractivity contribution in [1.29, 1.82) is 0 Å². The van der Waals surface area contributed by atoms with Crippen LogP contribution >= 0.6 is 0 Å². The predicted octanol–water partition coefficient (Wildman–Crippen LogP) is 3.46. The van der Waals surface area contributed by atoms with Crippen LogP contribution in [0.25, 0.3) is 0 Å². The fourth-order valence-electron chi connectivity index (χ4n) is 3.73. The molecule has 0 radical (unpaired) electrons. The largest absolute Gasteiger partial charge is 0.491 e. The number of anilines is 1. The summed E-state index contributed by atoms with van der Waals surface area (Å²) in [7, 11) is 1.98. The summed E-state index contributed by atoms with van der Waals surface area (Å²) in [6.45, 7) is 3.46. The summed E-state index contributed by atoms with van der Waals surface area (Å²) in [5.74, 6) is 0.386. The van der Waals surface area contributed by atoms with Crippen LogP contribution in [0, 0.1) is 10.1 Å². The highest BCUT2D eigenvalue weighted by Gasteiger charge is 2.16. The lowest BCUT2D eigenvalue weighted by atomic mass is 10.1. The first-order valence-electron chi connectivity index (χ1n) is 10.1. The van der Waals surface area contributed by atoms with Crippen LogP contribution in [-0.4, -0.2) is 54.3 Å². The van der Waals surface area contributed by atoms with E-state index in [0.29, 0.717) is 12.3 Å². The van der Waals surface area contributed by atoms with Crippen molar-refractivity contribution in [3.63, 3.8) is 0 Å². The number of likely N-dealkylation sites (N-methyl/N-ethyl adjacent to an activating group) is 1. The fraction of sp³-hybridized carbons (Fsp3) is 0.455. The van der Waals surface area contributed by atoms with Gasteiger partial charge in [0.05, 0.1) is 11.0 Å². The van der Waals surface area contributed by atoms with Crippen LogP contribution in [-0.2, 0) is 6.54 Å². The minimum Gasteiger partial charge on any atom is -0.491 e. The summed E-state index contributed by atoms with van der Waals surface area (Å²) >= 11 is 0. The molecule has 1 heterocycles. The average molecular weight is 399 g/mol. The van der Waals surface area contributed by atoms with Gasteiger partial charge in [-0.2, -0.15) is 0 Å². The van der Waals surface area contributed by atoms with Gasteiger partial charge in [-0.15, -0.1) is 0 Å². The van der Waals surface area contributed by atoms with Gasteiger partial charge in [0.25, 0.3) is 5.69 Å². The minimum absolute atomic E-state index is 0.0246. The number of aliphatic hydroxyl groups excluding tert-OH is 1. The molecule has 0 saturated carbocycles. The second-order valence-electron chi connectivity index (χ2n) is 7.59. The number of nitro benzene ring substituents is 1. The molecule has 1 aliphatic heterocycles. The van der Waals surface area contributed by atoms with E-state index in [9.17, 15) is 15.2 Å². The molecule has 1 aliphatic rings. The van der Waals surface area contributed by atoms with Crippen molar-refractivity contribution >= 4 is 11.4 Å². The molecule has 1 N–H and O–H groups in total. The zero-order valence-electron chi connectivity index (χ0n) is 16.9. The smallest absolute Gasteiger partial charge is 0.273 e. The summed E-state index contributed by atoms with van der Waals surface area (Å²) in [5.41, 5.74) is 2.51. The van der Waals surface area contributed by atoms with Crippen molar-refractivity contribution < 1.29 is 14.8 Å². The van der Waals surface area contributed by atoms with Gasteiger partial charge in [-0.25, -0.2) is 0 Å². The monoisotopic (exact) mass is 399 g/mol. The van der Waals surface area contributed by atoms with Crippen LogP contribution < -0.4 is 9.64 Å². The molecule has 1 atom stereocenters. The third-order valence-corrected chi connectivity index (χ3v) is 5.12. The number of hydrogen-bond acceptors (Lipinski definition) is 6. The van der Waals surface area contributed by atoms with Gasteiger partial charge in [-0.05, 0) is 44.0 Å². The Labute approximate surface area is 171 Å². The number of ether oxygens (including phenoxy) is 1. The molecule has 2 aromatic carbocycles. The minimum atomic E-state index is -0.693. The van der Waals surface area contributed by atoms with Crippen LogP contribution in [0.2, 0.25) is 0 Å². The normalized spacial score (nSPS) is 15.3. The predicted molar refractivity (Wildman–Crippen MR) is 113 cm³/mol. The number of hydrogen-bond donors (Lipinski definition) is 1. The molecule has 7 nitrogen and oxygen atoms in total. The summed E-state index contributed by atoms with van der Waals surface area (Å²) in [4.78, 5) is 14.9. The molecule has 0 spiro atoms. The Balaban J connectivity index is 1.52. The number of nitro groups is 1. The van der Waals surface area contributed by atoms with Gasteiger partial charge in [0.2, 0.25) is 0 Å². The van der Waals surface area contributed by atoms with Gasteiger partial charge < -0.3 is 14.7 Å². The third-order valence-electron chi connectivity index (χ3n) is 5.12. The van der Waals surface area contributed by atoms with Crippen LogP contribution in [0.4, 0.5) is 11.4 Å². The van der Waals surface area contributed by atoms with Crippen LogP contribution in [0.15, 0.2) is 48.5 Å². The second-order valence-corrected chi connectivity index (χ2v) is 7.59. The number of nitrogens with zero attached hydrogens (tertiary/aromatic N) is 3. The molecule has 0 amide bonds. The number of benzene rings is 2. The van der Waals surface area contributed by atoms with E-state index in [1.807, 2.05) is 7.05 Å². The standard InChI is InChI=1S/C22H29N3O4/c1-23(15-18-8-3-4-11-22(18)24-12-5-2-6-13-24)16-20(26)17-29-21-10-7-9-19(14-21)25(27)28/h3-4,7-11,14,20,26H,2,5-6,12-13,15-17H2,1H3. The van der Waals surface area contributed by atoms with Gasteiger partial charge >= 0.3 is 0 Å². The molecule has 1 unspecified atom stereocenters. The number of aliphatic hydroxyl groups is 1. The highest BCUT2D eigenvalue weighted by Crippen LogP contribution is 2.25. The molecule has 156 valence electrons. The Morgan fingerprint density at radius 1 is 1.17 bits per heavy atom. The van der Waals surface area contributed by atoms with E-state index in [2.05, 4.69) is 34.1 Å². The number of piperidine rings is 1. The molecule has 7 heteroatoms. The molecule has 1 fully saturated rings. The average Bonchev–Trinajstić information content (AvgIpc) is 2.73. The Morgan fingerprint density at radius 2 is 1.93 bits per heavy atom. The van der Waals surface area contributed by atoms with Gasteiger partial charge in [0.1, 0.15) is 18.5 Å². The van der Waals surface area contributed by atoms with E-state index < -0.39 is 11.0 Å². The van der Waals surface area contributed by atoms with Crippen molar-refractivity contribution in [2.24, 2.45) is 0 Å². The quantitative estimate of drug-likeness (QED) is 0.514. The van der Waals surface area contributed by atoms with E-state index in [1.165, 1.54) is 42.6 Å². The molecular weight excluding hydrogens is 370 g/mol. The van der Waals surface area contributed by atoms with E-state index in [4.69, 9.17) is 4.74 Å². The Morgan fingerprint density at radius 3 is 2.69 bits per heavy atom. The zero-order valence-corrected chi connectivity index (χ0v) is 16.9. The summed E-state index contributed by atoms with van der Waals surface area (Å²) in [5, 5.41) is 21.2. The lowest BCUT2D eigenvalue weighted by Crippen LogP contribution is -2.34. The van der Waals surface area contributed by atoms with E-state index in [0.717, 1.165) is 19.6 Å². The molecule has 29 heavy (non-hydrogen) atoms. The SMILES string of the molecule is CN(Cc1ccccc1N1CCCCC1)CC(O)COc1cccc([N+](=O)[O-])c1. The summed E-state index contributed by atoms with van der Waals surface area (Å²) in [6.07, 6.45) is 3.08. The van der Waals surface area contributed by atoms with E-state index in [-0.39, 0.29) is 12.3 Å². The Kier molecular flexibility index (Phi) is 7.43. The first-order chi connectivity index (χ1) is 14.0. The van der Waals surface area contributed by atoms with Crippen LogP contribution in [0.3, 0.4) is 0 Å². The molecule has 0 bridgehead atoms. The summed E-state index contributed by atoms with van der Waals surface area (Å²) in [6, 6.07) is 14.5. The molecule has 2 aromatic rings. The van der Waals surface area contributed by atoms with Gasteiger partial charge in [0, 0.05) is 37.9 Å². The molecule has 0 aliphatic carbocycles. The maximum absolute atomic E-state index is 10.8. The van der Waals surface area contributed by atoms with E-state index >= 15 is 0 Å². The maximum Gasteiger partial charge on any atom is 0.273 e. The van der Waals surface area contributed by atoms with Gasteiger partial charge in [-0.3, -0.25) is 15.0 Å². The Bertz CT molecular complexity index is 808. The molecule has 0 aromatic heterocycles. The highest BCUT2D eigenvalue weighted by molar-refractivity contribution is 5.53. The summed E-state index contributed by atoms with van der Waals surface area (Å²) < 4.78 is 5.54. The molecular formula is C22H29N3O4. The fourth-order valence-corrected chi connectivity index (χ4v) is 3.73. The van der Waals surface area contributed by atoms with Crippen molar-refractivity contribution in [2.75, 3.05) is 38.2 Å². The lowest BCUT2D eigenvalue weighted by molar-refractivity contribution is -0.384.